The highest BCUT2D eigenvalue weighted by atomic mass is 27.2. The Labute approximate surface area is 67.8 Å². The average Bonchev–Trinajstić information content (AvgIpc) is 2.05. The highest BCUT2D eigenvalue weighted by molar-refractivity contribution is 6.54. The molecule has 0 saturated carbocycles. The van der Waals surface area contributed by atoms with Crippen LogP contribution in [0.2, 0.25) is 10.1 Å². The normalized spacial score (nSPS) is 22.3. The standard InChI is InChI=1S/C4H8O.C4H7.Al/c1-2-3-4-5;1-3-4-2;/h1-4H2;3-4H,1H2,2H3;/q-1;;+1. The second-order valence-electron chi connectivity index (χ2n) is 3.00. The zero-order chi connectivity index (χ0) is 7.40. The van der Waals surface area contributed by atoms with Crippen molar-refractivity contribution < 1.29 is 3.79 Å². The van der Waals surface area contributed by atoms with Crippen molar-refractivity contribution in [1.29, 1.82) is 0 Å². The molecule has 0 N–H and O–H groups in total. The minimum Gasteiger partial charge on any atom is -0.500 e. The van der Waals surface area contributed by atoms with Gasteiger partial charge in [-0.25, -0.2) is 0 Å². The van der Waals surface area contributed by atoms with E-state index in [1.807, 2.05) is 6.08 Å². The molecule has 1 fully saturated rings. The molecule has 0 amide bonds. The lowest BCUT2D eigenvalue weighted by atomic mass is 10.4. The predicted octanol–water partition coefficient (Wildman–Crippen LogP) is 2.36. The fourth-order valence-corrected chi connectivity index (χ4v) is 3.79. The van der Waals surface area contributed by atoms with Gasteiger partial charge in [-0.1, -0.05) is 24.7 Å². The highest BCUT2D eigenvalue weighted by Gasteiger charge is 2.27. The average molecular weight is 154 g/mol. The minimum absolute atomic E-state index is 0.667. The number of hydrogen-bond donors (Lipinski definition) is 0. The van der Waals surface area contributed by atoms with Crippen molar-refractivity contribution in [2.24, 2.45) is 0 Å². The molecule has 1 aliphatic rings. The van der Waals surface area contributed by atoms with Crippen LogP contribution < -0.4 is 0 Å². The van der Waals surface area contributed by atoms with Crippen molar-refractivity contribution in [3.63, 3.8) is 0 Å². The molecule has 0 aromatic heterocycles. The Morgan fingerprint density at radius 2 is 2.40 bits per heavy atom. The SMILES string of the molecule is C=C[CH](C)[Al]1[CH2]CCC[O]1. The molecule has 1 heterocycles. The summed E-state index contributed by atoms with van der Waals surface area (Å²) >= 11 is -0.838. The van der Waals surface area contributed by atoms with Crippen molar-refractivity contribution in [3.05, 3.63) is 12.7 Å². The number of rotatable bonds is 2. The lowest BCUT2D eigenvalue weighted by Gasteiger charge is -2.21. The maximum atomic E-state index is 5.70. The Hall–Kier alpha value is 0.232. The van der Waals surface area contributed by atoms with E-state index in [-0.39, 0.29) is 0 Å². The topological polar surface area (TPSA) is 9.23 Å². The molecule has 1 nitrogen and oxygen atoms in total. The lowest BCUT2D eigenvalue weighted by molar-refractivity contribution is 0.283. The molecule has 1 saturated heterocycles. The third-order valence-electron chi connectivity index (χ3n) is 2.17. The molecule has 1 aliphatic heterocycles. The van der Waals surface area contributed by atoms with Gasteiger partial charge in [-0.05, 0) is 11.2 Å². The van der Waals surface area contributed by atoms with Gasteiger partial charge >= 0.3 is 14.5 Å². The van der Waals surface area contributed by atoms with Crippen molar-refractivity contribution in [3.8, 4) is 0 Å². The van der Waals surface area contributed by atoms with Crippen LogP contribution in [-0.2, 0) is 3.79 Å². The van der Waals surface area contributed by atoms with Gasteiger partial charge in [0.25, 0.3) is 0 Å². The Balaban J connectivity index is 2.30. The minimum atomic E-state index is -0.838. The molecule has 56 valence electrons. The second kappa shape index (κ2) is 4.18. The van der Waals surface area contributed by atoms with Gasteiger partial charge in [-0.15, -0.1) is 6.58 Å². The molecule has 0 radical (unpaired) electrons. The summed E-state index contributed by atoms with van der Waals surface area (Å²) in [5.74, 6) is 0. The van der Waals surface area contributed by atoms with Gasteiger partial charge in [0.05, 0.1) is 0 Å². The first-order valence-corrected chi connectivity index (χ1v) is 6.04. The lowest BCUT2D eigenvalue weighted by Crippen LogP contribution is -2.26. The molecular weight excluding hydrogens is 139 g/mol. The molecule has 1 unspecified atom stereocenters. The highest BCUT2D eigenvalue weighted by Crippen LogP contribution is 2.21. The summed E-state index contributed by atoms with van der Waals surface area (Å²) in [4.78, 5) is 0. The molecule has 0 aromatic rings. The van der Waals surface area contributed by atoms with E-state index in [1.165, 1.54) is 18.1 Å². The van der Waals surface area contributed by atoms with Crippen molar-refractivity contribution in [2.45, 2.75) is 29.8 Å². The number of hydrogen-bond acceptors (Lipinski definition) is 1. The first kappa shape index (κ1) is 8.33. The van der Waals surface area contributed by atoms with Crippen LogP contribution >= 0.6 is 0 Å². The quantitative estimate of drug-likeness (QED) is 0.438. The summed E-state index contributed by atoms with van der Waals surface area (Å²) in [6.45, 7) is 7.03. The fourth-order valence-electron chi connectivity index (χ4n) is 1.33. The van der Waals surface area contributed by atoms with Crippen LogP contribution in [0.4, 0.5) is 0 Å². The van der Waals surface area contributed by atoms with Crippen molar-refractivity contribution in [2.75, 3.05) is 6.61 Å². The third-order valence-corrected chi connectivity index (χ3v) is 5.26. The van der Waals surface area contributed by atoms with Crippen LogP contribution in [0.25, 0.3) is 0 Å². The van der Waals surface area contributed by atoms with Crippen LogP contribution in [0.5, 0.6) is 0 Å². The van der Waals surface area contributed by atoms with Crippen LogP contribution in [0.3, 0.4) is 0 Å². The van der Waals surface area contributed by atoms with E-state index >= 15 is 0 Å². The molecular formula is C8H15AlO. The van der Waals surface area contributed by atoms with Crippen LogP contribution in [0.15, 0.2) is 12.7 Å². The molecule has 1 atom stereocenters. The van der Waals surface area contributed by atoms with E-state index in [0.717, 1.165) is 6.61 Å². The van der Waals surface area contributed by atoms with Crippen LogP contribution in [0.1, 0.15) is 19.8 Å². The summed E-state index contributed by atoms with van der Waals surface area (Å²) in [5.41, 5.74) is 0. The van der Waals surface area contributed by atoms with E-state index in [9.17, 15) is 0 Å². The van der Waals surface area contributed by atoms with E-state index < -0.39 is 14.5 Å². The Kier molecular flexibility index (Phi) is 3.48. The smallest absolute Gasteiger partial charge is 0.468 e. The van der Waals surface area contributed by atoms with E-state index in [0.29, 0.717) is 4.78 Å². The van der Waals surface area contributed by atoms with Crippen LogP contribution in [0, 0.1) is 0 Å². The van der Waals surface area contributed by atoms with Gasteiger partial charge < -0.3 is 3.79 Å². The maximum Gasteiger partial charge on any atom is 0.468 e. The molecule has 0 aliphatic carbocycles. The molecule has 0 bridgehead atoms. The first-order valence-electron chi connectivity index (χ1n) is 4.08. The molecule has 10 heavy (non-hydrogen) atoms. The van der Waals surface area contributed by atoms with Gasteiger partial charge in [-0.3, -0.25) is 0 Å². The van der Waals surface area contributed by atoms with Crippen LogP contribution in [-0.4, -0.2) is 21.1 Å². The molecule has 2 heteroatoms. The number of allylic oxidation sites excluding steroid dienone is 1. The van der Waals surface area contributed by atoms with Gasteiger partial charge in [0, 0.05) is 6.61 Å². The van der Waals surface area contributed by atoms with Gasteiger partial charge in [0.15, 0.2) is 0 Å². The monoisotopic (exact) mass is 154 g/mol. The summed E-state index contributed by atoms with van der Waals surface area (Å²) in [5, 5.41) is 1.35. The van der Waals surface area contributed by atoms with Gasteiger partial charge in [0.1, 0.15) is 0 Å². The van der Waals surface area contributed by atoms with E-state index in [1.54, 1.807) is 0 Å². The Morgan fingerprint density at radius 3 is 2.90 bits per heavy atom. The Morgan fingerprint density at radius 1 is 1.60 bits per heavy atom. The summed E-state index contributed by atoms with van der Waals surface area (Å²) in [7, 11) is 0. The van der Waals surface area contributed by atoms with Gasteiger partial charge in [-0.2, -0.15) is 0 Å². The van der Waals surface area contributed by atoms with Crippen molar-refractivity contribution in [1.82, 2.24) is 0 Å². The summed E-state index contributed by atoms with van der Waals surface area (Å²) < 4.78 is 6.37. The summed E-state index contributed by atoms with van der Waals surface area (Å²) in [6, 6.07) is 0. The van der Waals surface area contributed by atoms with E-state index in [2.05, 4.69) is 13.5 Å². The second-order valence-corrected chi connectivity index (χ2v) is 6.04. The summed E-state index contributed by atoms with van der Waals surface area (Å²) in [6.07, 6.45) is 4.70. The first-order chi connectivity index (χ1) is 4.84. The molecule has 1 rings (SSSR count). The van der Waals surface area contributed by atoms with Crippen molar-refractivity contribution >= 4 is 14.5 Å². The van der Waals surface area contributed by atoms with E-state index in [4.69, 9.17) is 3.79 Å². The fraction of sp³-hybridized carbons (Fsp3) is 0.750. The van der Waals surface area contributed by atoms with Gasteiger partial charge in [0.2, 0.25) is 0 Å². The Bertz CT molecular complexity index is 108. The third kappa shape index (κ3) is 2.13. The largest absolute Gasteiger partial charge is 0.500 e. The maximum absolute atomic E-state index is 5.70. The zero-order valence-corrected chi connectivity index (χ0v) is 7.83. The molecule has 0 spiro atoms. The zero-order valence-electron chi connectivity index (χ0n) is 6.68. The molecule has 0 aromatic carbocycles. The predicted molar refractivity (Wildman–Crippen MR) is 45.4 cm³/mol.